The predicted octanol–water partition coefficient (Wildman–Crippen LogP) is 5.38. The van der Waals surface area contributed by atoms with E-state index in [1.165, 1.54) is 36.4 Å². The smallest absolute Gasteiger partial charge is 0.419 e. The molecule has 2 aromatic carbocycles. The van der Waals surface area contributed by atoms with Crippen molar-refractivity contribution in [1.29, 1.82) is 0 Å². The first kappa shape index (κ1) is 20.4. The summed E-state index contributed by atoms with van der Waals surface area (Å²) in [6.07, 6.45) is -2.07. The van der Waals surface area contributed by atoms with Gasteiger partial charge in [0.15, 0.2) is 0 Å². The molecule has 0 aliphatic rings. The van der Waals surface area contributed by atoms with Crippen LogP contribution in [0.5, 0.6) is 17.2 Å². The first-order chi connectivity index (χ1) is 12.8. The van der Waals surface area contributed by atoms with Gasteiger partial charge in [-0.1, -0.05) is 12.1 Å². The van der Waals surface area contributed by atoms with Gasteiger partial charge in [-0.3, -0.25) is 0 Å². The van der Waals surface area contributed by atoms with Gasteiger partial charge < -0.3 is 14.2 Å². The van der Waals surface area contributed by atoms with Crippen LogP contribution in [-0.4, -0.2) is 18.7 Å². The second-order valence-corrected chi connectivity index (χ2v) is 5.50. The Kier molecular flexibility index (Phi) is 6.87. The summed E-state index contributed by atoms with van der Waals surface area (Å²) in [5, 5.41) is 0. The molecule has 4 nitrogen and oxygen atoms in total. The maximum atomic E-state index is 13.0. The molecule has 0 amide bonds. The number of hydrogen-bond acceptors (Lipinski definition) is 4. The number of rotatable bonds is 7. The second-order valence-electron chi connectivity index (χ2n) is 5.50. The lowest BCUT2D eigenvalue weighted by Gasteiger charge is -2.14. The van der Waals surface area contributed by atoms with Crippen LogP contribution in [0.4, 0.5) is 13.2 Å². The molecule has 0 heterocycles. The highest BCUT2D eigenvalue weighted by Crippen LogP contribution is 2.38. The predicted molar refractivity (Wildman–Crippen MR) is 93.8 cm³/mol. The Morgan fingerprint density at radius 2 is 1.70 bits per heavy atom. The van der Waals surface area contributed by atoms with Crippen molar-refractivity contribution in [2.75, 3.05) is 6.61 Å². The summed E-state index contributed by atoms with van der Waals surface area (Å²) in [7, 11) is 0. The number of ether oxygens (including phenoxy) is 3. The van der Waals surface area contributed by atoms with Crippen LogP contribution >= 0.6 is 0 Å². The van der Waals surface area contributed by atoms with E-state index in [1.807, 2.05) is 0 Å². The van der Waals surface area contributed by atoms with E-state index >= 15 is 0 Å². The summed E-state index contributed by atoms with van der Waals surface area (Å²) in [6, 6.07) is 11.1. The molecule has 1 unspecified atom stereocenters. The minimum absolute atomic E-state index is 0.244. The Bertz CT molecular complexity index is 783. The third-order valence-corrected chi connectivity index (χ3v) is 3.36. The molecule has 27 heavy (non-hydrogen) atoms. The van der Waals surface area contributed by atoms with Crippen molar-refractivity contribution in [3.05, 3.63) is 66.2 Å². The zero-order valence-electron chi connectivity index (χ0n) is 14.8. The molecule has 0 radical (unpaired) electrons. The first-order valence-electron chi connectivity index (χ1n) is 8.25. The lowest BCUT2D eigenvalue weighted by molar-refractivity contribution is -0.139. The summed E-state index contributed by atoms with van der Waals surface area (Å²) in [5.41, 5.74) is -0.844. The highest BCUT2D eigenvalue weighted by Gasteiger charge is 2.34. The van der Waals surface area contributed by atoms with Crippen LogP contribution in [0.25, 0.3) is 0 Å². The van der Waals surface area contributed by atoms with E-state index in [0.29, 0.717) is 5.75 Å². The van der Waals surface area contributed by atoms with Crippen LogP contribution in [-0.2, 0) is 15.7 Å². The van der Waals surface area contributed by atoms with Crippen LogP contribution in [0.15, 0.2) is 60.7 Å². The molecular formula is C20H19F3O4. The number of benzene rings is 2. The first-order valence-corrected chi connectivity index (χ1v) is 8.25. The minimum Gasteiger partial charge on any atom is -0.487 e. The molecule has 0 aromatic heterocycles. The van der Waals surface area contributed by atoms with Gasteiger partial charge in [-0.2, -0.15) is 13.2 Å². The molecule has 7 heteroatoms. The molecule has 0 spiro atoms. The maximum Gasteiger partial charge on any atom is 0.419 e. The topological polar surface area (TPSA) is 44.8 Å². The van der Waals surface area contributed by atoms with Crippen molar-refractivity contribution in [2.45, 2.75) is 26.1 Å². The Morgan fingerprint density at radius 1 is 1.07 bits per heavy atom. The minimum atomic E-state index is -4.50. The molecule has 2 aromatic rings. The Labute approximate surface area is 155 Å². The molecular weight excluding hydrogens is 361 g/mol. The van der Waals surface area contributed by atoms with E-state index in [4.69, 9.17) is 14.2 Å². The van der Waals surface area contributed by atoms with Gasteiger partial charge in [0, 0.05) is 6.08 Å². The van der Waals surface area contributed by atoms with E-state index in [9.17, 15) is 18.0 Å². The number of halogens is 3. The molecule has 0 N–H and O–H groups in total. The molecule has 2 rings (SSSR count). The van der Waals surface area contributed by atoms with Crippen molar-refractivity contribution in [3.8, 4) is 17.2 Å². The molecule has 0 saturated carbocycles. The third kappa shape index (κ3) is 6.36. The largest absolute Gasteiger partial charge is 0.487 e. The average molecular weight is 380 g/mol. The van der Waals surface area contributed by atoms with Crippen LogP contribution in [0, 0.1) is 0 Å². The van der Waals surface area contributed by atoms with Crippen molar-refractivity contribution in [1.82, 2.24) is 0 Å². The number of hydrogen-bond donors (Lipinski definition) is 0. The number of carbonyl (C=O) groups is 1. The van der Waals surface area contributed by atoms with Crippen LogP contribution in [0.2, 0.25) is 0 Å². The van der Waals surface area contributed by atoms with E-state index in [0.717, 1.165) is 6.07 Å². The number of esters is 1. The molecule has 144 valence electrons. The number of para-hydroxylation sites is 1. The standard InChI is InChI=1S/C20H19F3O4/c1-3-25-19(24)13-8-14(2)26-15-9-11-16(12-10-15)27-18-7-5-4-6-17(18)20(21,22)23/h4-14H,3H2,1-2H3. The Morgan fingerprint density at radius 3 is 2.33 bits per heavy atom. The third-order valence-electron chi connectivity index (χ3n) is 3.36. The van der Waals surface area contributed by atoms with Crippen LogP contribution < -0.4 is 9.47 Å². The highest BCUT2D eigenvalue weighted by molar-refractivity contribution is 5.81. The van der Waals surface area contributed by atoms with Gasteiger partial charge in [0.1, 0.15) is 23.4 Å². The van der Waals surface area contributed by atoms with Gasteiger partial charge in [-0.15, -0.1) is 0 Å². The second kappa shape index (κ2) is 9.12. The van der Waals surface area contributed by atoms with Crippen LogP contribution in [0.3, 0.4) is 0 Å². The highest BCUT2D eigenvalue weighted by atomic mass is 19.4. The van der Waals surface area contributed by atoms with E-state index in [2.05, 4.69) is 0 Å². The van der Waals surface area contributed by atoms with Crippen molar-refractivity contribution >= 4 is 5.97 Å². The molecule has 0 aliphatic heterocycles. The fraction of sp³-hybridized carbons (Fsp3) is 0.250. The fourth-order valence-corrected chi connectivity index (χ4v) is 2.16. The normalized spacial score (nSPS) is 12.6. The fourth-order valence-electron chi connectivity index (χ4n) is 2.16. The van der Waals surface area contributed by atoms with E-state index in [-0.39, 0.29) is 18.1 Å². The summed E-state index contributed by atoms with van der Waals surface area (Å²) < 4.78 is 54.7. The van der Waals surface area contributed by atoms with E-state index in [1.54, 1.807) is 32.1 Å². The van der Waals surface area contributed by atoms with Crippen molar-refractivity contribution in [2.24, 2.45) is 0 Å². The Hall–Kier alpha value is -2.96. The zero-order chi connectivity index (χ0) is 19.9. The van der Waals surface area contributed by atoms with Crippen LogP contribution in [0.1, 0.15) is 19.4 Å². The van der Waals surface area contributed by atoms with Gasteiger partial charge in [0.25, 0.3) is 0 Å². The van der Waals surface area contributed by atoms with E-state index < -0.39 is 23.8 Å². The quantitative estimate of drug-likeness (QED) is 0.478. The van der Waals surface area contributed by atoms with Crippen molar-refractivity contribution in [3.63, 3.8) is 0 Å². The number of carbonyl (C=O) groups excluding carboxylic acids is 1. The molecule has 0 bridgehead atoms. The Balaban J connectivity index is 2.01. The summed E-state index contributed by atoms with van der Waals surface area (Å²) in [5.74, 6) is -0.00864. The van der Waals surface area contributed by atoms with Gasteiger partial charge >= 0.3 is 12.1 Å². The van der Waals surface area contributed by atoms with Gasteiger partial charge in [-0.05, 0) is 56.3 Å². The van der Waals surface area contributed by atoms with Crippen molar-refractivity contribution < 1.29 is 32.2 Å². The summed E-state index contributed by atoms with van der Waals surface area (Å²) in [6.45, 7) is 3.74. The molecule has 0 saturated heterocycles. The summed E-state index contributed by atoms with van der Waals surface area (Å²) in [4.78, 5) is 11.3. The average Bonchev–Trinajstić information content (AvgIpc) is 2.61. The molecule has 0 fully saturated rings. The lowest BCUT2D eigenvalue weighted by Crippen LogP contribution is -2.09. The SMILES string of the molecule is CCOC(=O)C=CC(C)Oc1ccc(Oc2ccccc2C(F)(F)F)cc1. The maximum absolute atomic E-state index is 13.0. The summed E-state index contributed by atoms with van der Waals surface area (Å²) >= 11 is 0. The lowest BCUT2D eigenvalue weighted by atomic mass is 10.2. The molecule has 1 atom stereocenters. The van der Waals surface area contributed by atoms with Gasteiger partial charge in [0.2, 0.25) is 0 Å². The van der Waals surface area contributed by atoms with Gasteiger partial charge in [-0.25, -0.2) is 4.79 Å². The molecule has 0 aliphatic carbocycles. The van der Waals surface area contributed by atoms with Gasteiger partial charge in [0.05, 0.1) is 12.2 Å². The monoisotopic (exact) mass is 380 g/mol. The zero-order valence-corrected chi connectivity index (χ0v) is 14.8. The number of alkyl halides is 3.